The molecule has 7 nitrogen and oxygen atoms in total. The van der Waals surface area contributed by atoms with Gasteiger partial charge in [0.1, 0.15) is 5.75 Å². The molecular weight excluding hydrogens is 360 g/mol. The Bertz CT molecular complexity index is 925. The molecule has 2 N–H and O–H groups in total. The van der Waals surface area contributed by atoms with Gasteiger partial charge in [0.15, 0.2) is 0 Å². The van der Waals surface area contributed by atoms with Crippen LogP contribution in [0.1, 0.15) is 22.3 Å². The average molecular weight is 382 g/mol. The van der Waals surface area contributed by atoms with E-state index in [4.69, 9.17) is 4.74 Å². The van der Waals surface area contributed by atoms with E-state index < -0.39 is 17.8 Å². The maximum absolute atomic E-state index is 12.5. The highest BCUT2D eigenvalue weighted by atomic mass is 16.5. The Labute approximate surface area is 163 Å². The molecule has 7 heteroatoms. The summed E-state index contributed by atoms with van der Waals surface area (Å²) < 4.78 is 9.94. The number of ether oxygens (including phenoxy) is 2. The summed E-state index contributed by atoms with van der Waals surface area (Å²) in [7, 11) is 2.83. The predicted molar refractivity (Wildman–Crippen MR) is 104 cm³/mol. The largest absolute Gasteiger partial charge is 0.495 e. The topological polar surface area (TPSA) is 93.7 Å². The third-order valence-electron chi connectivity index (χ3n) is 4.63. The van der Waals surface area contributed by atoms with Gasteiger partial charge < -0.3 is 20.1 Å². The van der Waals surface area contributed by atoms with Crippen LogP contribution >= 0.6 is 0 Å². The monoisotopic (exact) mass is 382 g/mol. The van der Waals surface area contributed by atoms with Gasteiger partial charge in [-0.3, -0.25) is 9.59 Å². The van der Waals surface area contributed by atoms with E-state index in [1.165, 1.54) is 14.2 Å². The second-order valence-corrected chi connectivity index (χ2v) is 6.70. The van der Waals surface area contributed by atoms with Gasteiger partial charge in [-0.2, -0.15) is 0 Å². The SMILES string of the molecule is COC(=O)c1cccc(NC(=O)C2CC2C(=O)Nc2cc(C)ccc2OC)c1. The van der Waals surface area contributed by atoms with Crippen molar-refractivity contribution in [1.82, 2.24) is 0 Å². The van der Waals surface area contributed by atoms with E-state index in [0.29, 0.717) is 29.1 Å². The molecule has 0 spiro atoms. The molecule has 0 radical (unpaired) electrons. The third kappa shape index (κ3) is 4.31. The van der Waals surface area contributed by atoms with Gasteiger partial charge in [-0.1, -0.05) is 12.1 Å². The smallest absolute Gasteiger partial charge is 0.337 e. The van der Waals surface area contributed by atoms with Crippen molar-refractivity contribution in [3.63, 3.8) is 0 Å². The van der Waals surface area contributed by atoms with Crippen LogP contribution in [0, 0.1) is 18.8 Å². The minimum absolute atomic E-state index is 0.215. The Morgan fingerprint density at radius 3 is 2.36 bits per heavy atom. The lowest BCUT2D eigenvalue weighted by atomic mass is 10.2. The second-order valence-electron chi connectivity index (χ2n) is 6.70. The van der Waals surface area contributed by atoms with Gasteiger partial charge in [0.25, 0.3) is 0 Å². The quantitative estimate of drug-likeness (QED) is 0.749. The van der Waals surface area contributed by atoms with Crippen molar-refractivity contribution >= 4 is 29.2 Å². The number of nitrogens with one attached hydrogen (secondary N) is 2. The van der Waals surface area contributed by atoms with E-state index in [9.17, 15) is 14.4 Å². The van der Waals surface area contributed by atoms with Gasteiger partial charge in [0.2, 0.25) is 11.8 Å². The van der Waals surface area contributed by atoms with E-state index in [1.54, 1.807) is 30.3 Å². The van der Waals surface area contributed by atoms with Crippen LogP contribution in [0.5, 0.6) is 5.75 Å². The molecule has 2 atom stereocenters. The van der Waals surface area contributed by atoms with Crippen molar-refractivity contribution in [2.24, 2.45) is 11.8 Å². The fourth-order valence-electron chi connectivity index (χ4n) is 3.00. The highest BCUT2D eigenvalue weighted by molar-refractivity contribution is 6.04. The van der Waals surface area contributed by atoms with E-state index >= 15 is 0 Å². The number of carbonyl (C=O) groups excluding carboxylic acids is 3. The van der Waals surface area contributed by atoms with Gasteiger partial charge in [0, 0.05) is 5.69 Å². The van der Waals surface area contributed by atoms with E-state index in [1.807, 2.05) is 19.1 Å². The molecule has 3 rings (SSSR count). The van der Waals surface area contributed by atoms with Gasteiger partial charge in [-0.15, -0.1) is 0 Å². The zero-order valence-electron chi connectivity index (χ0n) is 15.9. The first kappa shape index (κ1) is 19.4. The van der Waals surface area contributed by atoms with Crippen molar-refractivity contribution in [3.05, 3.63) is 53.6 Å². The second kappa shape index (κ2) is 8.12. The fraction of sp³-hybridized carbons (Fsp3) is 0.286. The number of methoxy groups -OCH3 is 2. The Balaban J connectivity index is 1.61. The van der Waals surface area contributed by atoms with Crippen LogP contribution < -0.4 is 15.4 Å². The Kier molecular flexibility index (Phi) is 5.63. The van der Waals surface area contributed by atoms with Gasteiger partial charge >= 0.3 is 5.97 Å². The van der Waals surface area contributed by atoms with Crippen molar-refractivity contribution in [2.45, 2.75) is 13.3 Å². The molecule has 2 unspecified atom stereocenters. The maximum Gasteiger partial charge on any atom is 0.337 e. The van der Waals surface area contributed by atoms with Crippen LogP contribution in [0.3, 0.4) is 0 Å². The molecule has 1 aliphatic carbocycles. The van der Waals surface area contributed by atoms with E-state index in [-0.39, 0.29) is 11.8 Å². The molecule has 0 bridgehead atoms. The standard InChI is InChI=1S/C21H22N2O5/c1-12-7-8-18(27-2)17(9-12)23-20(25)16-11-15(16)19(24)22-14-6-4-5-13(10-14)21(26)28-3/h4-10,15-16H,11H2,1-3H3,(H,22,24)(H,23,25). The molecule has 1 fully saturated rings. The van der Waals surface area contributed by atoms with Crippen molar-refractivity contribution in [2.75, 3.05) is 24.9 Å². The van der Waals surface area contributed by atoms with Gasteiger partial charge in [0.05, 0.1) is 37.3 Å². The van der Waals surface area contributed by atoms with Crippen molar-refractivity contribution < 1.29 is 23.9 Å². The number of hydrogen-bond acceptors (Lipinski definition) is 5. The molecule has 2 aromatic rings. The Hall–Kier alpha value is -3.35. The van der Waals surface area contributed by atoms with Crippen molar-refractivity contribution in [1.29, 1.82) is 0 Å². The number of esters is 1. The van der Waals surface area contributed by atoms with Gasteiger partial charge in [-0.05, 0) is 49.2 Å². The van der Waals surface area contributed by atoms with E-state index in [0.717, 1.165) is 5.56 Å². The van der Waals surface area contributed by atoms with Crippen LogP contribution in [-0.4, -0.2) is 32.0 Å². The molecule has 0 saturated heterocycles. The first-order valence-corrected chi connectivity index (χ1v) is 8.87. The number of anilines is 2. The zero-order chi connectivity index (χ0) is 20.3. The van der Waals surface area contributed by atoms with E-state index in [2.05, 4.69) is 15.4 Å². The van der Waals surface area contributed by atoms with Crippen LogP contribution in [0.15, 0.2) is 42.5 Å². The molecule has 0 heterocycles. The molecule has 0 aromatic heterocycles. The molecule has 2 aromatic carbocycles. The fourth-order valence-corrected chi connectivity index (χ4v) is 3.00. The minimum atomic E-state index is -0.480. The molecule has 28 heavy (non-hydrogen) atoms. The number of amides is 2. The Morgan fingerprint density at radius 1 is 0.964 bits per heavy atom. The number of carbonyl (C=O) groups is 3. The molecule has 1 aliphatic rings. The zero-order valence-corrected chi connectivity index (χ0v) is 15.9. The lowest BCUT2D eigenvalue weighted by Crippen LogP contribution is -2.21. The molecular formula is C21H22N2O5. The Morgan fingerprint density at radius 2 is 1.68 bits per heavy atom. The lowest BCUT2D eigenvalue weighted by Gasteiger charge is -2.11. The first-order valence-electron chi connectivity index (χ1n) is 8.87. The molecule has 0 aliphatic heterocycles. The number of hydrogen-bond donors (Lipinski definition) is 2. The minimum Gasteiger partial charge on any atom is -0.495 e. The van der Waals surface area contributed by atoms with Crippen LogP contribution in [-0.2, 0) is 14.3 Å². The molecule has 146 valence electrons. The third-order valence-corrected chi connectivity index (χ3v) is 4.63. The summed E-state index contributed by atoms with van der Waals surface area (Å²) in [5.41, 5.74) is 2.41. The highest BCUT2D eigenvalue weighted by Gasteiger charge is 2.48. The summed E-state index contributed by atoms with van der Waals surface area (Å²) in [5, 5.41) is 5.59. The van der Waals surface area contributed by atoms with Crippen LogP contribution in [0.2, 0.25) is 0 Å². The van der Waals surface area contributed by atoms with Crippen molar-refractivity contribution in [3.8, 4) is 5.75 Å². The number of rotatable bonds is 6. The average Bonchev–Trinajstić information content (AvgIpc) is 3.49. The lowest BCUT2D eigenvalue weighted by molar-refractivity contribution is -0.122. The highest BCUT2D eigenvalue weighted by Crippen LogP contribution is 2.41. The number of aryl methyl sites for hydroxylation is 1. The van der Waals surface area contributed by atoms with Crippen LogP contribution in [0.25, 0.3) is 0 Å². The normalized spacial score (nSPS) is 17.4. The summed E-state index contributed by atoms with van der Waals surface area (Å²) in [6.07, 6.45) is 0.475. The van der Waals surface area contributed by atoms with Gasteiger partial charge in [-0.25, -0.2) is 4.79 Å². The summed E-state index contributed by atoms with van der Waals surface area (Å²) in [6.45, 7) is 1.92. The summed E-state index contributed by atoms with van der Waals surface area (Å²) in [4.78, 5) is 36.5. The summed E-state index contributed by atoms with van der Waals surface area (Å²) >= 11 is 0. The molecule has 1 saturated carbocycles. The summed E-state index contributed by atoms with van der Waals surface area (Å²) in [6, 6.07) is 12.0. The first-order chi connectivity index (χ1) is 13.4. The van der Waals surface area contributed by atoms with Crippen LogP contribution in [0.4, 0.5) is 11.4 Å². The summed E-state index contributed by atoms with van der Waals surface area (Å²) in [5.74, 6) is -1.18. The number of benzene rings is 2. The maximum atomic E-state index is 12.5. The molecule has 2 amide bonds. The predicted octanol–water partition coefficient (Wildman–Crippen LogP) is 3.00.